The van der Waals surface area contributed by atoms with Gasteiger partial charge < -0.3 is 10.1 Å². The summed E-state index contributed by atoms with van der Waals surface area (Å²) in [5, 5.41) is 7.42. The van der Waals surface area contributed by atoms with Gasteiger partial charge in [-0.25, -0.2) is 4.68 Å². The molecule has 1 N–H and O–H groups in total. The molecule has 5 nitrogen and oxygen atoms in total. The number of carbonyl (C=O) groups excluding carboxylic acids is 1. The summed E-state index contributed by atoms with van der Waals surface area (Å²) >= 11 is 5.85. The number of hydrogen-bond acceptors (Lipinski definition) is 3. The number of ether oxygens (including phenoxy) is 1. The summed E-state index contributed by atoms with van der Waals surface area (Å²) < 4.78 is 7.11. The van der Waals surface area contributed by atoms with Gasteiger partial charge in [-0.05, 0) is 18.2 Å². The Morgan fingerprint density at radius 2 is 2.37 bits per heavy atom. The van der Waals surface area contributed by atoms with Crippen LogP contribution in [0.1, 0.15) is 13.3 Å². The zero-order valence-electron chi connectivity index (χ0n) is 10.5. The first-order valence-corrected chi connectivity index (χ1v) is 6.26. The topological polar surface area (TPSA) is 56.2 Å². The first kappa shape index (κ1) is 13.4. The first-order valence-electron chi connectivity index (χ1n) is 5.88. The van der Waals surface area contributed by atoms with Crippen LogP contribution >= 0.6 is 11.6 Å². The molecule has 0 fully saturated rings. The minimum absolute atomic E-state index is 0.0460. The number of aromatic nitrogens is 2. The van der Waals surface area contributed by atoms with Gasteiger partial charge in [0.05, 0.1) is 18.1 Å². The second kappa shape index (κ2) is 6.24. The van der Waals surface area contributed by atoms with E-state index in [0.29, 0.717) is 22.9 Å². The number of anilines is 1. The summed E-state index contributed by atoms with van der Waals surface area (Å²) in [6.45, 7) is 2.05. The Hall–Kier alpha value is -2.01. The Morgan fingerprint density at radius 3 is 3.11 bits per heavy atom. The number of nitrogens with one attached hydrogen (secondary N) is 1. The summed E-state index contributed by atoms with van der Waals surface area (Å²) in [5.41, 5.74) is 0.654. The summed E-state index contributed by atoms with van der Waals surface area (Å²) in [7, 11) is 0. The molecule has 0 aliphatic carbocycles. The third-order valence-corrected chi connectivity index (χ3v) is 2.63. The number of benzene rings is 1. The van der Waals surface area contributed by atoms with Crippen molar-refractivity contribution in [3.8, 4) is 5.75 Å². The van der Waals surface area contributed by atoms with Crippen molar-refractivity contribution in [3.05, 3.63) is 41.7 Å². The molecule has 2 aromatic rings. The van der Waals surface area contributed by atoms with E-state index in [1.165, 1.54) is 0 Å². The summed E-state index contributed by atoms with van der Waals surface area (Å²) in [5.74, 6) is 0.623. The van der Waals surface area contributed by atoms with Gasteiger partial charge >= 0.3 is 0 Å². The molecule has 0 unspecified atom stereocenters. The number of nitrogens with zero attached hydrogens (tertiary/aromatic N) is 2. The first-order chi connectivity index (χ1) is 9.17. The van der Waals surface area contributed by atoms with Crippen molar-refractivity contribution < 1.29 is 9.53 Å². The second-order valence-electron chi connectivity index (χ2n) is 3.90. The molecule has 1 heterocycles. The molecular formula is C13H14ClN3O2. The van der Waals surface area contributed by atoms with Gasteiger partial charge in [0.2, 0.25) is 5.91 Å². The highest BCUT2D eigenvalue weighted by molar-refractivity contribution is 6.30. The fraction of sp³-hybridized carbons (Fsp3) is 0.231. The highest BCUT2D eigenvalue weighted by atomic mass is 35.5. The predicted molar refractivity (Wildman–Crippen MR) is 73.2 cm³/mol. The summed E-state index contributed by atoms with van der Waals surface area (Å²) in [6, 6.07) is 7.13. The van der Waals surface area contributed by atoms with Crippen LogP contribution in [-0.4, -0.2) is 15.7 Å². The molecule has 0 aliphatic rings. The van der Waals surface area contributed by atoms with Gasteiger partial charge in [-0.15, -0.1) is 0 Å². The second-order valence-corrected chi connectivity index (χ2v) is 4.34. The quantitative estimate of drug-likeness (QED) is 0.915. The Balaban J connectivity index is 1.91. The van der Waals surface area contributed by atoms with Crippen LogP contribution in [0.15, 0.2) is 36.7 Å². The van der Waals surface area contributed by atoms with Crippen LogP contribution in [0.4, 0.5) is 5.69 Å². The van der Waals surface area contributed by atoms with E-state index < -0.39 is 0 Å². The van der Waals surface area contributed by atoms with Gasteiger partial charge in [-0.1, -0.05) is 24.6 Å². The molecular weight excluding hydrogens is 266 g/mol. The van der Waals surface area contributed by atoms with Gasteiger partial charge in [0.15, 0.2) is 6.73 Å². The molecule has 0 aliphatic heterocycles. The lowest BCUT2D eigenvalue weighted by Gasteiger charge is -2.06. The van der Waals surface area contributed by atoms with Crippen molar-refractivity contribution in [1.29, 1.82) is 0 Å². The summed E-state index contributed by atoms with van der Waals surface area (Å²) in [6.07, 6.45) is 3.72. The van der Waals surface area contributed by atoms with E-state index in [9.17, 15) is 4.79 Å². The number of rotatable bonds is 5. The van der Waals surface area contributed by atoms with E-state index in [0.717, 1.165) is 0 Å². The van der Waals surface area contributed by atoms with Crippen molar-refractivity contribution >= 4 is 23.2 Å². The van der Waals surface area contributed by atoms with Crippen LogP contribution in [0.5, 0.6) is 5.75 Å². The molecule has 19 heavy (non-hydrogen) atoms. The van der Waals surface area contributed by atoms with E-state index in [4.69, 9.17) is 16.3 Å². The largest absolute Gasteiger partial charge is 0.471 e. The maximum atomic E-state index is 11.2. The van der Waals surface area contributed by atoms with Gasteiger partial charge in [-0.2, -0.15) is 5.10 Å². The van der Waals surface area contributed by atoms with Crippen LogP contribution in [0.2, 0.25) is 5.02 Å². The minimum atomic E-state index is -0.0460. The van der Waals surface area contributed by atoms with Crippen LogP contribution in [0, 0.1) is 0 Å². The molecule has 0 atom stereocenters. The number of halogens is 1. The van der Waals surface area contributed by atoms with Crippen molar-refractivity contribution in [2.75, 3.05) is 5.32 Å². The predicted octanol–water partition coefficient (Wildman–Crippen LogP) is 2.92. The smallest absolute Gasteiger partial charge is 0.224 e. The maximum absolute atomic E-state index is 11.2. The minimum Gasteiger partial charge on any atom is -0.471 e. The van der Waals surface area contributed by atoms with E-state index in [2.05, 4.69) is 10.4 Å². The Labute approximate surface area is 116 Å². The third kappa shape index (κ3) is 3.99. The Bertz CT molecular complexity index is 569. The molecule has 0 saturated carbocycles. The highest BCUT2D eigenvalue weighted by Gasteiger charge is 2.02. The van der Waals surface area contributed by atoms with E-state index in [1.807, 2.05) is 12.1 Å². The van der Waals surface area contributed by atoms with Crippen molar-refractivity contribution in [2.24, 2.45) is 0 Å². The highest BCUT2D eigenvalue weighted by Crippen LogP contribution is 2.17. The van der Waals surface area contributed by atoms with Crippen LogP contribution < -0.4 is 10.1 Å². The van der Waals surface area contributed by atoms with Gasteiger partial charge in [-0.3, -0.25) is 4.79 Å². The lowest BCUT2D eigenvalue weighted by molar-refractivity contribution is -0.115. The van der Waals surface area contributed by atoms with Crippen molar-refractivity contribution in [1.82, 2.24) is 9.78 Å². The molecule has 0 spiro atoms. The SMILES string of the molecule is CCC(=O)Nc1cnn(COc2cccc(Cl)c2)c1. The van der Waals surface area contributed by atoms with Crippen molar-refractivity contribution in [2.45, 2.75) is 20.1 Å². The van der Waals surface area contributed by atoms with Gasteiger partial charge in [0, 0.05) is 11.4 Å². The Morgan fingerprint density at radius 1 is 1.53 bits per heavy atom. The lowest BCUT2D eigenvalue weighted by atomic mass is 10.3. The van der Waals surface area contributed by atoms with Gasteiger partial charge in [0.25, 0.3) is 0 Å². The average molecular weight is 280 g/mol. The average Bonchev–Trinajstić information content (AvgIpc) is 2.84. The maximum Gasteiger partial charge on any atom is 0.224 e. The van der Waals surface area contributed by atoms with Crippen LogP contribution in [0.3, 0.4) is 0 Å². The monoisotopic (exact) mass is 279 g/mol. The lowest BCUT2D eigenvalue weighted by Crippen LogP contribution is -2.09. The number of amides is 1. The number of carbonyl (C=O) groups is 1. The van der Waals surface area contributed by atoms with Crippen LogP contribution in [-0.2, 0) is 11.5 Å². The molecule has 2 rings (SSSR count). The van der Waals surface area contributed by atoms with Crippen molar-refractivity contribution in [3.63, 3.8) is 0 Å². The summed E-state index contributed by atoms with van der Waals surface area (Å²) in [4.78, 5) is 11.2. The van der Waals surface area contributed by atoms with E-state index >= 15 is 0 Å². The fourth-order valence-electron chi connectivity index (χ4n) is 1.45. The zero-order chi connectivity index (χ0) is 13.7. The molecule has 0 radical (unpaired) electrons. The molecule has 100 valence electrons. The van der Waals surface area contributed by atoms with Crippen LogP contribution in [0.25, 0.3) is 0 Å². The zero-order valence-corrected chi connectivity index (χ0v) is 11.2. The standard InChI is InChI=1S/C13H14ClN3O2/c1-2-13(18)16-11-7-15-17(8-11)9-19-12-5-3-4-10(14)6-12/h3-8H,2,9H2,1H3,(H,16,18). The third-order valence-electron chi connectivity index (χ3n) is 2.40. The molecule has 6 heteroatoms. The fourth-order valence-corrected chi connectivity index (χ4v) is 1.63. The molecule has 1 aromatic carbocycles. The molecule has 1 aromatic heterocycles. The molecule has 0 saturated heterocycles. The van der Waals surface area contributed by atoms with E-state index in [-0.39, 0.29) is 12.6 Å². The number of hydrogen-bond donors (Lipinski definition) is 1. The molecule has 0 bridgehead atoms. The Kier molecular flexibility index (Phi) is 4.41. The van der Waals surface area contributed by atoms with Gasteiger partial charge in [0.1, 0.15) is 5.75 Å². The normalized spacial score (nSPS) is 10.2. The molecule has 1 amide bonds. The van der Waals surface area contributed by atoms with E-state index in [1.54, 1.807) is 36.1 Å².